The number of non-ortho nitro benzene ring substituents is 1. The number of thiocarbonyl (C=S) groups is 1. The van der Waals surface area contributed by atoms with Gasteiger partial charge in [0.1, 0.15) is 4.99 Å². The molecule has 0 spiro atoms. The first-order valence-corrected chi connectivity index (χ1v) is 6.57. The lowest BCUT2D eigenvalue weighted by Gasteiger charge is -2.37. The predicted molar refractivity (Wildman–Crippen MR) is 76.4 cm³/mol. The van der Waals surface area contributed by atoms with Crippen LogP contribution in [-0.2, 0) is 4.74 Å². The van der Waals surface area contributed by atoms with Crippen molar-refractivity contribution in [2.24, 2.45) is 0 Å². The molecule has 19 heavy (non-hydrogen) atoms. The number of nitro groups is 1. The Bertz CT molecular complexity index is 496. The summed E-state index contributed by atoms with van der Waals surface area (Å²) in [5, 5.41) is 10.8. The predicted octanol–water partition coefficient (Wildman–Crippen LogP) is 2.38. The van der Waals surface area contributed by atoms with Gasteiger partial charge in [-0.15, -0.1) is 0 Å². The highest BCUT2D eigenvalue weighted by atomic mass is 32.1. The van der Waals surface area contributed by atoms with Crippen molar-refractivity contribution in [2.75, 3.05) is 13.1 Å². The summed E-state index contributed by atoms with van der Waals surface area (Å²) in [7, 11) is 0. The minimum absolute atomic E-state index is 0.0641. The monoisotopic (exact) mass is 280 g/mol. The first-order chi connectivity index (χ1) is 8.97. The fraction of sp³-hybridized carbons (Fsp3) is 0.462. The van der Waals surface area contributed by atoms with Crippen molar-refractivity contribution in [3.8, 4) is 0 Å². The quantitative estimate of drug-likeness (QED) is 0.473. The fourth-order valence-corrected chi connectivity index (χ4v) is 2.55. The van der Waals surface area contributed by atoms with Gasteiger partial charge in [0.05, 0.1) is 17.1 Å². The smallest absolute Gasteiger partial charge is 0.270 e. The maximum Gasteiger partial charge on any atom is 0.270 e. The van der Waals surface area contributed by atoms with Crippen molar-refractivity contribution in [2.45, 2.75) is 26.1 Å². The second-order valence-corrected chi connectivity index (χ2v) is 5.16. The molecule has 0 radical (unpaired) electrons. The Balaban J connectivity index is 2.19. The number of nitrogens with zero attached hydrogens (tertiary/aromatic N) is 2. The summed E-state index contributed by atoms with van der Waals surface area (Å²) in [5.74, 6) is 0. The SMILES string of the molecule is C[C@H]1CN(C(=S)c2cccc([N+](=O)[O-])c2)C[C@H](C)O1. The lowest BCUT2D eigenvalue weighted by molar-refractivity contribution is -0.384. The minimum Gasteiger partial charge on any atom is -0.372 e. The van der Waals surface area contributed by atoms with E-state index in [0.717, 1.165) is 0 Å². The van der Waals surface area contributed by atoms with Gasteiger partial charge in [-0.05, 0) is 13.8 Å². The number of ether oxygens (including phenoxy) is 1. The summed E-state index contributed by atoms with van der Waals surface area (Å²) in [6.45, 7) is 5.43. The van der Waals surface area contributed by atoms with Gasteiger partial charge in [0.25, 0.3) is 5.69 Å². The van der Waals surface area contributed by atoms with E-state index in [1.807, 2.05) is 18.7 Å². The van der Waals surface area contributed by atoms with Crippen LogP contribution in [0.3, 0.4) is 0 Å². The summed E-state index contributed by atoms with van der Waals surface area (Å²) in [4.78, 5) is 13.1. The van der Waals surface area contributed by atoms with E-state index >= 15 is 0 Å². The lowest BCUT2D eigenvalue weighted by Crippen LogP contribution is -2.47. The highest BCUT2D eigenvalue weighted by Gasteiger charge is 2.25. The summed E-state index contributed by atoms with van der Waals surface area (Å²) < 4.78 is 5.65. The summed E-state index contributed by atoms with van der Waals surface area (Å²) in [6.07, 6.45) is 0.223. The van der Waals surface area contributed by atoms with Crippen LogP contribution in [0.2, 0.25) is 0 Å². The molecule has 102 valence electrons. The minimum atomic E-state index is -0.406. The van der Waals surface area contributed by atoms with Gasteiger partial charge < -0.3 is 9.64 Å². The molecule has 0 bridgehead atoms. The zero-order valence-corrected chi connectivity index (χ0v) is 11.7. The Hall–Kier alpha value is -1.53. The Labute approximate surface area is 117 Å². The van der Waals surface area contributed by atoms with Crippen molar-refractivity contribution in [3.63, 3.8) is 0 Å². The third-order valence-electron chi connectivity index (χ3n) is 3.01. The summed E-state index contributed by atoms with van der Waals surface area (Å²) in [5.41, 5.74) is 0.778. The molecule has 2 atom stereocenters. The topological polar surface area (TPSA) is 55.6 Å². The first-order valence-electron chi connectivity index (χ1n) is 6.16. The molecule has 0 N–H and O–H groups in total. The molecule has 5 nitrogen and oxygen atoms in total. The van der Waals surface area contributed by atoms with Crippen LogP contribution in [0.1, 0.15) is 19.4 Å². The van der Waals surface area contributed by atoms with Gasteiger partial charge in [-0.1, -0.05) is 24.4 Å². The van der Waals surface area contributed by atoms with Crippen LogP contribution < -0.4 is 0 Å². The molecule has 6 heteroatoms. The zero-order valence-electron chi connectivity index (χ0n) is 10.9. The third-order valence-corrected chi connectivity index (χ3v) is 3.50. The molecule has 1 aromatic carbocycles. The van der Waals surface area contributed by atoms with Crippen LogP contribution in [0.4, 0.5) is 5.69 Å². The first kappa shape index (κ1) is 13.9. The Morgan fingerprint density at radius 2 is 2.05 bits per heavy atom. The summed E-state index contributed by atoms with van der Waals surface area (Å²) >= 11 is 5.44. The maximum atomic E-state index is 10.8. The van der Waals surface area contributed by atoms with Gasteiger partial charge in [0.15, 0.2) is 0 Å². The number of morpholine rings is 1. The third kappa shape index (κ3) is 3.27. The maximum absolute atomic E-state index is 10.8. The number of nitro benzene ring substituents is 1. The molecule has 1 aromatic rings. The molecule has 1 aliphatic rings. The van der Waals surface area contributed by atoms with Crippen molar-refractivity contribution >= 4 is 22.9 Å². The molecule has 0 amide bonds. The van der Waals surface area contributed by atoms with Crippen molar-refractivity contribution in [1.29, 1.82) is 0 Å². The number of hydrogen-bond donors (Lipinski definition) is 0. The van der Waals surface area contributed by atoms with E-state index in [9.17, 15) is 10.1 Å². The Morgan fingerprint density at radius 3 is 2.63 bits per heavy atom. The van der Waals surface area contributed by atoms with Gasteiger partial charge in [0.2, 0.25) is 0 Å². The summed E-state index contributed by atoms with van der Waals surface area (Å²) in [6, 6.07) is 6.46. The van der Waals surface area contributed by atoms with E-state index in [4.69, 9.17) is 17.0 Å². The van der Waals surface area contributed by atoms with Crippen LogP contribution in [0, 0.1) is 10.1 Å². The second kappa shape index (κ2) is 5.63. The molecule has 1 heterocycles. The highest BCUT2D eigenvalue weighted by molar-refractivity contribution is 7.80. The van der Waals surface area contributed by atoms with Crippen molar-refractivity contribution < 1.29 is 9.66 Å². The highest BCUT2D eigenvalue weighted by Crippen LogP contribution is 2.18. The Morgan fingerprint density at radius 1 is 1.42 bits per heavy atom. The lowest BCUT2D eigenvalue weighted by atomic mass is 10.1. The van der Waals surface area contributed by atoms with Crippen LogP contribution in [0.5, 0.6) is 0 Å². The van der Waals surface area contributed by atoms with Crippen LogP contribution in [-0.4, -0.2) is 40.1 Å². The standard InChI is InChI=1S/C13H16N2O3S/c1-9-7-14(8-10(2)18-9)13(19)11-4-3-5-12(6-11)15(16)17/h3-6,9-10H,7-8H2,1-2H3/t9-,10-/m0/s1. The molecule has 0 unspecified atom stereocenters. The molecular weight excluding hydrogens is 264 g/mol. The van der Waals surface area contributed by atoms with Crippen molar-refractivity contribution in [3.05, 3.63) is 39.9 Å². The average molecular weight is 280 g/mol. The molecule has 1 saturated heterocycles. The van der Waals surface area contributed by atoms with Gasteiger partial charge >= 0.3 is 0 Å². The molecule has 0 aliphatic carbocycles. The van der Waals surface area contributed by atoms with Gasteiger partial charge in [-0.3, -0.25) is 10.1 Å². The van der Waals surface area contributed by atoms with Crippen molar-refractivity contribution in [1.82, 2.24) is 4.90 Å². The fourth-order valence-electron chi connectivity index (χ4n) is 2.28. The largest absolute Gasteiger partial charge is 0.372 e. The van der Waals surface area contributed by atoms with Gasteiger partial charge in [-0.25, -0.2) is 0 Å². The molecule has 1 fully saturated rings. The van der Waals surface area contributed by atoms with Crippen LogP contribution in [0.25, 0.3) is 0 Å². The van der Waals surface area contributed by atoms with E-state index in [2.05, 4.69) is 0 Å². The Kier molecular flexibility index (Phi) is 4.11. The number of hydrogen-bond acceptors (Lipinski definition) is 4. The van der Waals surface area contributed by atoms with E-state index in [1.54, 1.807) is 12.1 Å². The normalized spacial score (nSPS) is 23.2. The van der Waals surface area contributed by atoms with Gasteiger partial charge in [0, 0.05) is 30.8 Å². The molecule has 1 aliphatic heterocycles. The molecular formula is C13H16N2O3S. The van der Waals surface area contributed by atoms with Gasteiger partial charge in [-0.2, -0.15) is 0 Å². The van der Waals surface area contributed by atoms with E-state index in [1.165, 1.54) is 12.1 Å². The molecule has 0 saturated carbocycles. The average Bonchev–Trinajstić information content (AvgIpc) is 2.37. The van der Waals surface area contributed by atoms with E-state index in [0.29, 0.717) is 23.6 Å². The molecule has 2 rings (SSSR count). The van der Waals surface area contributed by atoms with E-state index in [-0.39, 0.29) is 17.9 Å². The second-order valence-electron chi connectivity index (χ2n) is 4.77. The molecule has 0 aromatic heterocycles. The number of rotatable bonds is 2. The van der Waals surface area contributed by atoms with Crippen LogP contribution in [0.15, 0.2) is 24.3 Å². The van der Waals surface area contributed by atoms with E-state index < -0.39 is 4.92 Å². The van der Waals surface area contributed by atoms with Crippen LogP contribution >= 0.6 is 12.2 Å². The zero-order chi connectivity index (χ0) is 14.0. The number of benzene rings is 1.